The Morgan fingerprint density at radius 1 is 0.947 bits per heavy atom. The maximum atomic E-state index is 12.1. The highest BCUT2D eigenvalue weighted by molar-refractivity contribution is 5.80. The highest BCUT2D eigenvalue weighted by Gasteiger charge is 2.43. The molecule has 0 aromatic rings. The summed E-state index contributed by atoms with van der Waals surface area (Å²) in [7, 11) is 0. The molecule has 3 nitrogen and oxygen atoms in total. The molecule has 6 atom stereocenters. The fourth-order valence-corrected chi connectivity index (χ4v) is 5.32. The second-order valence-corrected chi connectivity index (χ2v) is 7.37. The molecule has 4 aliphatic carbocycles. The van der Waals surface area contributed by atoms with Crippen LogP contribution in [0.3, 0.4) is 0 Å². The van der Waals surface area contributed by atoms with Crippen LogP contribution in [0.25, 0.3) is 0 Å². The number of nitrogens with zero attached hydrogens (tertiary/aromatic N) is 1. The second-order valence-electron chi connectivity index (χ2n) is 7.37. The molecular weight excluding hydrogens is 236 g/mol. The number of hydrogen-bond acceptors (Lipinski definition) is 2. The highest BCUT2D eigenvalue weighted by Crippen LogP contribution is 2.48. The molecule has 4 saturated carbocycles. The Bertz CT molecular complexity index is 406. The first-order valence-electron chi connectivity index (χ1n) is 8.12. The zero-order valence-corrected chi connectivity index (χ0v) is 11.6. The van der Waals surface area contributed by atoms with Crippen LogP contribution in [-0.4, -0.2) is 12.1 Å². The van der Waals surface area contributed by atoms with Gasteiger partial charge in [-0.05, 0) is 68.1 Å². The van der Waals surface area contributed by atoms with Crippen LogP contribution >= 0.6 is 0 Å². The van der Waals surface area contributed by atoms with Crippen LogP contribution in [-0.2, 0) is 4.79 Å². The smallest absolute Gasteiger partial charge is 0.243 e. The number of nitrogens with one attached hydrogen (secondary N) is 1. The fourth-order valence-electron chi connectivity index (χ4n) is 5.32. The van der Waals surface area contributed by atoms with Gasteiger partial charge in [0.05, 0.1) is 0 Å². The lowest BCUT2D eigenvalue weighted by molar-refractivity contribution is -0.126. The van der Waals surface area contributed by atoms with Crippen LogP contribution in [0.2, 0.25) is 0 Å². The Hall–Kier alpha value is -0.860. The number of fused-ring (bicyclic) bond motifs is 4. The minimum Gasteiger partial charge on any atom is -0.273 e. The molecule has 4 fully saturated rings. The molecule has 0 aromatic heterocycles. The molecule has 1 N–H and O–H groups in total. The quantitative estimate of drug-likeness (QED) is 0.615. The van der Waals surface area contributed by atoms with Crippen molar-refractivity contribution in [2.75, 3.05) is 0 Å². The third-order valence-electron chi connectivity index (χ3n) is 6.31. The molecule has 6 unspecified atom stereocenters. The summed E-state index contributed by atoms with van der Waals surface area (Å²) in [6.07, 6.45) is 12.5. The summed E-state index contributed by atoms with van der Waals surface area (Å²) < 4.78 is 0. The maximum absolute atomic E-state index is 12.1. The van der Waals surface area contributed by atoms with E-state index in [2.05, 4.69) is 10.5 Å². The lowest BCUT2D eigenvalue weighted by Crippen LogP contribution is -2.31. The SMILES string of the molecule is O=C(N/N=C/C1CC2CCC1C2)C1CC2CCC1C2. The van der Waals surface area contributed by atoms with Crippen LogP contribution in [0.15, 0.2) is 5.10 Å². The van der Waals surface area contributed by atoms with Crippen molar-refractivity contribution in [3.8, 4) is 0 Å². The first-order valence-corrected chi connectivity index (χ1v) is 8.12. The van der Waals surface area contributed by atoms with Crippen molar-refractivity contribution in [2.45, 2.75) is 51.4 Å². The van der Waals surface area contributed by atoms with Gasteiger partial charge in [-0.15, -0.1) is 0 Å². The van der Waals surface area contributed by atoms with E-state index in [-0.39, 0.29) is 11.8 Å². The maximum Gasteiger partial charge on any atom is 0.243 e. The van der Waals surface area contributed by atoms with Gasteiger partial charge < -0.3 is 0 Å². The van der Waals surface area contributed by atoms with Gasteiger partial charge in [0.25, 0.3) is 0 Å². The molecule has 0 spiro atoms. The number of hydrazone groups is 1. The standard InChI is InChI=1S/C16H24N2O/c19-16(15-8-11-2-4-13(15)6-11)18-17-9-14-7-10-1-3-12(14)5-10/h9-15H,1-8H2,(H,18,19)/b17-9+. The summed E-state index contributed by atoms with van der Waals surface area (Å²) >= 11 is 0. The molecule has 1 amide bonds. The minimum atomic E-state index is 0.187. The van der Waals surface area contributed by atoms with Crippen LogP contribution in [0.5, 0.6) is 0 Å². The van der Waals surface area contributed by atoms with Crippen molar-refractivity contribution in [1.82, 2.24) is 5.43 Å². The van der Waals surface area contributed by atoms with Crippen molar-refractivity contribution in [1.29, 1.82) is 0 Å². The van der Waals surface area contributed by atoms with E-state index in [1.54, 1.807) is 0 Å². The van der Waals surface area contributed by atoms with Gasteiger partial charge in [-0.3, -0.25) is 4.79 Å². The van der Waals surface area contributed by atoms with Gasteiger partial charge in [0.1, 0.15) is 0 Å². The van der Waals surface area contributed by atoms with E-state index in [0.717, 1.165) is 24.2 Å². The summed E-state index contributed by atoms with van der Waals surface area (Å²) in [6, 6.07) is 0. The summed E-state index contributed by atoms with van der Waals surface area (Å²) in [5, 5.41) is 4.28. The van der Waals surface area contributed by atoms with Gasteiger partial charge in [0.2, 0.25) is 5.91 Å². The van der Waals surface area contributed by atoms with Gasteiger partial charge in [-0.2, -0.15) is 5.10 Å². The Kier molecular flexibility index (Phi) is 2.89. The second kappa shape index (κ2) is 4.60. The molecule has 4 aliphatic rings. The van der Waals surface area contributed by atoms with E-state index in [0.29, 0.717) is 11.8 Å². The fraction of sp³-hybridized carbons (Fsp3) is 0.875. The third-order valence-corrected chi connectivity index (χ3v) is 6.31. The molecule has 0 aliphatic heterocycles. The summed E-state index contributed by atoms with van der Waals surface area (Å²) in [5.41, 5.74) is 2.83. The van der Waals surface area contributed by atoms with Gasteiger partial charge in [0, 0.05) is 12.1 Å². The van der Waals surface area contributed by atoms with E-state index in [4.69, 9.17) is 0 Å². The predicted octanol–water partition coefficient (Wildman–Crippen LogP) is 2.96. The van der Waals surface area contributed by atoms with Crippen LogP contribution in [0, 0.1) is 35.5 Å². The first kappa shape index (κ1) is 11.9. The van der Waals surface area contributed by atoms with E-state index >= 15 is 0 Å². The van der Waals surface area contributed by atoms with Crippen LogP contribution in [0.4, 0.5) is 0 Å². The van der Waals surface area contributed by atoms with Gasteiger partial charge in [-0.25, -0.2) is 5.43 Å². The average Bonchev–Trinajstić information content (AvgIpc) is 3.18. The third kappa shape index (κ3) is 2.11. The molecule has 0 radical (unpaired) electrons. The number of hydrogen-bond donors (Lipinski definition) is 1. The number of amides is 1. The summed E-state index contributed by atoms with van der Waals surface area (Å²) in [4.78, 5) is 12.1. The van der Waals surface area contributed by atoms with Gasteiger partial charge in [0.15, 0.2) is 0 Å². The Balaban J connectivity index is 1.29. The van der Waals surface area contributed by atoms with Crippen molar-refractivity contribution >= 4 is 12.1 Å². The lowest BCUT2D eigenvalue weighted by Gasteiger charge is -2.20. The minimum absolute atomic E-state index is 0.187. The summed E-state index contributed by atoms with van der Waals surface area (Å²) in [6.45, 7) is 0. The van der Waals surface area contributed by atoms with E-state index in [1.807, 2.05) is 6.21 Å². The zero-order valence-electron chi connectivity index (χ0n) is 11.6. The van der Waals surface area contributed by atoms with E-state index in [9.17, 15) is 4.79 Å². The monoisotopic (exact) mass is 260 g/mol. The molecule has 0 aromatic carbocycles. The predicted molar refractivity (Wildman–Crippen MR) is 74.5 cm³/mol. The van der Waals surface area contributed by atoms with Gasteiger partial charge in [-0.1, -0.05) is 12.8 Å². The molecular formula is C16H24N2O. The Morgan fingerprint density at radius 3 is 2.26 bits per heavy atom. The number of rotatable bonds is 3. The van der Waals surface area contributed by atoms with Crippen molar-refractivity contribution < 1.29 is 4.79 Å². The highest BCUT2D eigenvalue weighted by atomic mass is 16.2. The van der Waals surface area contributed by atoms with E-state index < -0.39 is 0 Å². The Labute approximate surface area is 115 Å². The lowest BCUT2D eigenvalue weighted by atomic mass is 9.88. The van der Waals surface area contributed by atoms with Crippen LogP contribution in [0.1, 0.15) is 51.4 Å². The topological polar surface area (TPSA) is 41.5 Å². The molecule has 0 saturated heterocycles. The Morgan fingerprint density at radius 2 is 1.68 bits per heavy atom. The summed E-state index contributed by atoms with van der Waals surface area (Å²) in [5.74, 6) is 4.37. The molecule has 4 bridgehead atoms. The van der Waals surface area contributed by atoms with E-state index in [1.165, 1.54) is 44.9 Å². The molecule has 0 heterocycles. The zero-order chi connectivity index (χ0) is 12.8. The number of carbonyl (C=O) groups excluding carboxylic acids is 1. The molecule has 4 rings (SSSR count). The van der Waals surface area contributed by atoms with Crippen molar-refractivity contribution in [3.63, 3.8) is 0 Å². The molecule has 3 heteroatoms. The van der Waals surface area contributed by atoms with Gasteiger partial charge >= 0.3 is 0 Å². The van der Waals surface area contributed by atoms with Crippen LogP contribution < -0.4 is 5.43 Å². The van der Waals surface area contributed by atoms with Crippen molar-refractivity contribution in [3.05, 3.63) is 0 Å². The average molecular weight is 260 g/mol. The molecule has 104 valence electrons. The normalized spacial score (nSPS) is 47.4. The largest absolute Gasteiger partial charge is 0.273 e. The first-order chi connectivity index (χ1) is 9.29. The molecule has 19 heavy (non-hydrogen) atoms. The number of carbonyl (C=O) groups is 1. The van der Waals surface area contributed by atoms with Crippen molar-refractivity contribution in [2.24, 2.45) is 40.6 Å².